The van der Waals surface area contributed by atoms with Crippen LogP contribution < -0.4 is 5.73 Å². The van der Waals surface area contributed by atoms with Gasteiger partial charge in [0.05, 0.1) is 18.6 Å². The number of methoxy groups -OCH3 is 1. The maximum atomic E-state index is 12.7. The monoisotopic (exact) mass is 275 g/mol. The van der Waals surface area contributed by atoms with E-state index in [1.54, 1.807) is 13.8 Å². The van der Waals surface area contributed by atoms with Gasteiger partial charge in [-0.1, -0.05) is 18.2 Å². The number of alkyl halides is 3. The number of esters is 1. The Morgan fingerprint density at radius 3 is 2.32 bits per heavy atom. The number of nitrogens with two attached hydrogens (primary N) is 1. The van der Waals surface area contributed by atoms with Crippen molar-refractivity contribution in [1.82, 2.24) is 0 Å². The molecule has 106 valence electrons. The summed E-state index contributed by atoms with van der Waals surface area (Å²) in [6.45, 7) is 3.13. The quantitative estimate of drug-likeness (QED) is 0.863. The second kappa shape index (κ2) is 5.21. The molecule has 1 rings (SSSR count). The molecule has 0 fully saturated rings. The van der Waals surface area contributed by atoms with Crippen molar-refractivity contribution >= 4 is 5.97 Å². The zero-order valence-electron chi connectivity index (χ0n) is 10.9. The van der Waals surface area contributed by atoms with Gasteiger partial charge in [0, 0.05) is 5.54 Å². The molecule has 0 aromatic heterocycles. The fourth-order valence-electron chi connectivity index (χ4n) is 1.88. The smallest absolute Gasteiger partial charge is 0.416 e. The van der Waals surface area contributed by atoms with Crippen molar-refractivity contribution in [2.45, 2.75) is 31.5 Å². The van der Waals surface area contributed by atoms with Gasteiger partial charge in [0.2, 0.25) is 0 Å². The molecule has 0 amide bonds. The van der Waals surface area contributed by atoms with Crippen LogP contribution in [0.4, 0.5) is 13.2 Å². The summed E-state index contributed by atoms with van der Waals surface area (Å²) >= 11 is 0. The van der Waals surface area contributed by atoms with Crippen molar-refractivity contribution in [3.05, 3.63) is 35.4 Å². The van der Waals surface area contributed by atoms with Crippen molar-refractivity contribution in [1.29, 1.82) is 0 Å². The Kier molecular flexibility index (Phi) is 4.25. The number of carbonyl (C=O) groups is 1. The van der Waals surface area contributed by atoms with E-state index in [9.17, 15) is 18.0 Å². The summed E-state index contributed by atoms with van der Waals surface area (Å²) in [5.41, 5.74) is 4.21. The second-order valence-electron chi connectivity index (χ2n) is 4.90. The number of hydrogen-bond acceptors (Lipinski definition) is 3. The van der Waals surface area contributed by atoms with E-state index in [0.29, 0.717) is 0 Å². The third-order valence-corrected chi connectivity index (χ3v) is 2.73. The van der Waals surface area contributed by atoms with Gasteiger partial charge in [-0.05, 0) is 25.5 Å². The topological polar surface area (TPSA) is 52.3 Å². The Bertz CT molecular complexity index is 464. The van der Waals surface area contributed by atoms with Crippen molar-refractivity contribution < 1.29 is 22.7 Å². The number of ether oxygens (including phenoxy) is 1. The molecule has 0 saturated carbocycles. The van der Waals surface area contributed by atoms with Crippen molar-refractivity contribution in [2.75, 3.05) is 7.11 Å². The van der Waals surface area contributed by atoms with E-state index in [1.165, 1.54) is 19.2 Å². The van der Waals surface area contributed by atoms with Crippen LogP contribution in [0.3, 0.4) is 0 Å². The van der Waals surface area contributed by atoms with Gasteiger partial charge in [0.25, 0.3) is 0 Å². The third-order valence-electron chi connectivity index (χ3n) is 2.73. The van der Waals surface area contributed by atoms with Crippen LogP contribution in [-0.2, 0) is 15.7 Å². The Hall–Kier alpha value is -1.56. The first-order chi connectivity index (χ1) is 8.57. The average molecular weight is 275 g/mol. The van der Waals surface area contributed by atoms with E-state index in [1.807, 2.05) is 0 Å². The van der Waals surface area contributed by atoms with Crippen molar-refractivity contribution in [3.63, 3.8) is 0 Å². The highest BCUT2D eigenvalue weighted by Gasteiger charge is 2.37. The van der Waals surface area contributed by atoms with Gasteiger partial charge in [-0.15, -0.1) is 0 Å². The highest BCUT2D eigenvalue weighted by molar-refractivity contribution is 5.79. The third kappa shape index (κ3) is 3.70. The van der Waals surface area contributed by atoms with Gasteiger partial charge in [-0.25, -0.2) is 0 Å². The molecule has 0 saturated heterocycles. The Labute approximate surface area is 109 Å². The predicted octanol–water partition coefficient (Wildman–Crippen LogP) is 2.70. The summed E-state index contributed by atoms with van der Waals surface area (Å²) in [7, 11) is 1.18. The van der Waals surface area contributed by atoms with E-state index in [0.717, 1.165) is 12.1 Å². The molecule has 0 radical (unpaired) electrons. The van der Waals surface area contributed by atoms with Gasteiger partial charge in [-0.3, -0.25) is 4.79 Å². The number of benzene rings is 1. The van der Waals surface area contributed by atoms with Crippen molar-refractivity contribution in [3.8, 4) is 0 Å². The molecule has 0 aliphatic carbocycles. The van der Waals surface area contributed by atoms with Gasteiger partial charge in [0.1, 0.15) is 0 Å². The summed E-state index contributed by atoms with van der Waals surface area (Å²) in [6.07, 6.45) is -4.46. The minimum atomic E-state index is -4.46. The van der Waals surface area contributed by atoms with Crippen LogP contribution in [0, 0.1) is 0 Å². The molecule has 3 nitrogen and oxygen atoms in total. The Morgan fingerprint density at radius 2 is 1.89 bits per heavy atom. The minimum absolute atomic E-state index is 0.189. The standard InChI is InChI=1S/C13H16F3NO2/c1-12(2,17)10(11(18)19-3)8-5-4-6-9(7-8)13(14,15)16/h4-7,10H,17H2,1-3H3. The molecule has 1 aromatic carbocycles. The molecule has 0 aliphatic rings. The molecule has 0 aliphatic heterocycles. The predicted molar refractivity (Wildman–Crippen MR) is 64.5 cm³/mol. The summed E-state index contributed by atoms with van der Waals surface area (Å²) in [5, 5.41) is 0. The van der Waals surface area contributed by atoms with E-state index in [4.69, 9.17) is 5.73 Å². The molecule has 1 atom stereocenters. The average Bonchev–Trinajstić information content (AvgIpc) is 2.26. The van der Waals surface area contributed by atoms with E-state index >= 15 is 0 Å². The molecule has 2 N–H and O–H groups in total. The maximum Gasteiger partial charge on any atom is 0.416 e. The van der Waals surface area contributed by atoms with Crippen LogP contribution in [0.2, 0.25) is 0 Å². The maximum absolute atomic E-state index is 12.7. The highest BCUT2D eigenvalue weighted by atomic mass is 19.4. The van der Waals surface area contributed by atoms with Gasteiger partial charge in [-0.2, -0.15) is 13.2 Å². The fraction of sp³-hybridized carbons (Fsp3) is 0.462. The number of hydrogen-bond donors (Lipinski definition) is 1. The fourth-order valence-corrected chi connectivity index (χ4v) is 1.88. The minimum Gasteiger partial charge on any atom is -0.468 e. The first-order valence-corrected chi connectivity index (χ1v) is 5.61. The zero-order chi connectivity index (χ0) is 14.8. The highest BCUT2D eigenvalue weighted by Crippen LogP contribution is 2.34. The molecule has 0 spiro atoms. The van der Waals surface area contributed by atoms with Gasteiger partial charge >= 0.3 is 12.1 Å². The lowest BCUT2D eigenvalue weighted by Gasteiger charge is -2.29. The molecule has 0 bridgehead atoms. The molecule has 1 unspecified atom stereocenters. The molecule has 0 heterocycles. The summed E-state index contributed by atoms with van der Waals surface area (Å²) < 4.78 is 42.6. The lowest BCUT2D eigenvalue weighted by Crippen LogP contribution is -2.43. The number of rotatable bonds is 3. The molecular formula is C13H16F3NO2. The van der Waals surface area contributed by atoms with Crippen LogP contribution in [0.25, 0.3) is 0 Å². The van der Waals surface area contributed by atoms with Crippen LogP contribution >= 0.6 is 0 Å². The van der Waals surface area contributed by atoms with Crippen LogP contribution in [0.15, 0.2) is 24.3 Å². The summed E-state index contributed by atoms with van der Waals surface area (Å²) in [6, 6.07) is 4.56. The number of carbonyl (C=O) groups excluding carboxylic acids is 1. The van der Waals surface area contributed by atoms with E-state index < -0.39 is 29.2 Å². The first-order valence-electron chi connectivity index (χ1n) is 5.61. The SMILES string of the molecule is COC(=O)C(c1cccc(C(F)(F)F)c1)C(C)(C)N. The zero-order valence-corrected chi connectivity index (χ0v) is 10.9. The Morgan fingerprint density at radius 1 is 1.32 bits per heavy atom. The second-order valence-corrected chi connectivity index (χ2v) is 4.90. The molecule has 19 heavy (non-hydrogen) atoms. The van der Waals surface area contributed by atoms with Crippen molar-refractivity contribution in [2.24, 2.45) is 5.73 Å². The summed E-state index contributed by atoms with van der Waals surface area (Å²) in [4.78, 5) is 11.7. The van der Waals surface area contributed by atoms with Crippen LogP contribution in [0.5, 0.6) is 0 Å². The first kappa shape index (κ1) is 15.5. The lowest BCUT2D eigenvalue weighted by atomic mass is 9.82. The number of halogens is 3. The Balaban J connectivity index is 3.29. The summed E-state index contributed by atoms with van der Waals surface area (Å²) in [5.74, 6) is -1.62. The van der Waals surface area contributed by atoms with E-state index in [2.05, 4.69) is 4.74 Å². The van der Waals surface area contributed by atoms with E-state index in [-0.39, 0.29) is 5.56 Å². The normalized spacial score (nSPS) is 14.1. The van der Waals surface area contributed by atoms with Crippen LogP contribution in [0.1, 0.15) is 30.9 Å². The lowest BCUT2D eigenvalue weighted by molar-refractivity contribution is -0.144. The van der Waals surface area contributed by atoms with Crippen LogP contribution in [-0.4, -0.2) is 18.6 Å². The molecule has 6 heteroatoms. The van der Waals surface area contributed by atoms with Gasteiger partial charge < -0.3 is 10.5 Å². The largest absolute Gasteiger partial charge is 0.468 e. The molecular weight excluding hydrogens is 259 g/mol. The van der Waals surface area contributed by atoms with Gasteiger partial charge in [0.15, 0.2) is 0 Å². The molecule has 1 aromatic rings.